The summed E-state index contributed by atoms with van der Waals surface area (Å²) in [7, 11) is -3.56. The highest BCUT2D eigenvalue weighted by Crippen LogP contribution is 2.35. The van der Waals surface area contributed by atoms with Gasteiger partial charge in [0.05, 0.1) is 35.9 Å². The van der Waals surface area contributed by atoms with Crippen molar-refractivity contribution in [3.63, 3.8) is 0 Å². The first kappa shape index (κ1) is 20.5. The highest BCUT2D eigenvalue weighted by molar-refractivity contribution is 7.90. The van der Waals surface area contributed by atoms with Crippen molar-refractivity contribution in [1.29, 1.82) is 0 Å². The van der Waals surface area contributed by atoms with Crippen LogP contribution in [0.5, 0.6) is 0 Å². The maximum Gasteiger partial charge on any atom is 0.195 e. The molecular formula is C20H22ClN5O4S. The van der Waals surface area contributed by atoms with Crippen molar-refractivity contribution in [2.75, 3.05) is 6.26 Å². The monoisotopic (exact) mass is 463 g/mol. The second kappa shape index (κ2) is 7.33. The second-order valence-corrected chi connectivity index (χ2v) is 10.5. The Kier molecular flexibility index (Phi) is 4.85. The number of fused-ring (bicyclic) bond motifs is 2. The van der Waals surface area contributed by atoms with Gasteiger partial charge >= 0.3 is 0 Å². The van der Waals surface area contributed by atoms with Crippen LogP contribution in [0.4, 0.5) is 0 Å². The molecule has 5 rings (SSSR count). The summed E-state index contributed by atoms with van der Waals surface area (Å²) >= 11 is 6.17. The number of aliphatic hydroxyl groups excluding tert-OH is 1. The Hall–Kier alpha value is -2.40. The molecule has 11 heteroatoms. The minimum Gasteiger partial charge on any atom is -0.393 e. The Balaban J connectivity index is 1.65. The van der Waals surface area contributed by atoms with Crippen LogP contribution in [0.15, 0.2) is 29.4 Å². The number of hydroxylamine groups is 2. The Morgan fingerprint density at radius 1 is 1.29 bits per heavy atom. The quantitative estimate of drug-likeness (QED) is 0.611. The van der Waals surface area contributed by atoms with Crippen molar-refractivity contribution < 1.29 is 18.7 Å². The molecule has 2 aromatic heterocycles. The third-order valence-corrected chi connectivity index (χ3v) is 7.14. The number of aromatic nitrogens is 4. The molecule has 0 amide bonds. The maximum absolute atomic E-state index is 12.3. The van der Waals surface area contributed by atoms with E-state index in [4.69, 9.17) is 16.6 Å². The lowest BCUT2D eigenvalue weighted by atomic mass is 10.2. The number of sulfone groups is 1. The minimum atomic E-state index is -3.56. The Labute approximate surface area is 184 Å². The number of hydrogen-bond donors (Lipinski definition) is 2. The van der Waals surface area contributed by atoms with Crippen LogP contribution < -0.4 is 0 Å². The van der Waals surface area contributed by atoms with Gasteiger partial charge in [-0.25, -0.2) is 13.4 Å². The third kappa shape index (κ3) is 3.63. The lowest BCUT2D eigenvalue weighted by molar-refractivity contribution is -0.0514. The van der Waals surface area contributed by atoms with E-state index in [2.05, 4.69) is 9.67 Å². The molecule has 0 bridgehead atoms. The van der Waals surface area contributed by atoms with Gasteiger partial charge in [-0.2, -0.15) is 5.10 Å². The standard InChI is InChI=1S/C20H22ClN5O4S/c1-31(29,30)20-15-6-7-24(28)10-18(15)25(23-20)11-19-22-16-8-12(21)2-5-17(16)26(19)13-3-4-14(27)9-13/h2,5-8,13-14,27-28H,3-4,9-11H2,1H3. The molecule has 2 aliphatic rings. The fourth-order valence-electron chi connectivity index (χ4n) is 4.54. The molecule has 2 N–H and O–H groups in total. The van der Waals surface area contributed by atoms with Gasteiger partial charge in [0.2, 0.25) is 0 Å². The van der Waals surface area contributed by atoms with Crippen molar-refractivity contribution in [1.82, 2.24) is 24.4 Å². The van der Waals surface area contributed by atoms with E-state index in [0.717, 1.165) is 35.2 Å². The molecule has 1 aliphatic heterocycles. The van der Waals surface area contributed by atoms with Gasteiger partial charge in [-0.3, -0.25) is 15.0 Å². The molecule has 1 saturated carbocycles. The van der Waals surface area contributed by atoms with Gasteiger partial charge in [0.1, 0.15) is 5.82 Å². The first-order valence-electron chi connectivity index (χ1n) is 9.98. The van der Waals surface area contributed by atoms with Crippen LogP contribution >= 0.6 is 11.6 Å². The second-order valence-electron chi connectivity index (χ2n) is 8.16. The van der Waals surface area contributed by atoms with Gasteiger partial charge in [-0.15, -0.1) is 0 Å². The molecule has 31 heavy (non-hydrogen) atoms. The summed E-state index contributed by atoms with van der Waals surface area (Å²) in [6.07, 6.45) is 5.90. The van der Waals surface area contributed by atoms with E-state index >= 15 is 0 Å². The SMILES string of the molecule is CS(=O)(=O)c1nn(Cc2nc3cc(Cl)ccc3n2C2CCC(O)C2)c2c1C=CN(O)C2. The molecule has 9 nitrogen and oxygen atoms in total. The summed E-state index contributed by atoms with van der Waals surface area (Å²) in [4.78, 5) is 4.77. The average Bonchev–Trinajstić information content (AvgIpc) is 3.36. The number of imidazole rings is 1. The van der Waals surface area contributed by atoms with Crippen LogP contribution in [0.1, 0.15) is 42.4 Å². The Morgan fingerprint density at radius 2 is 2.10 bits per heavy atom. The molecule has 0 radical (unpaired) electrons. The normalized spacial score (nSPS) is 21.2. The van der Waals surface area contributed by atoms with E-state index in [9.17, 15) is 18.7 Å². The molecule has 1 fully saturated rings. The van der Waals surface area contributed by atoms with E-state index in [1.54, 1.807) is 16.8 Å². The van der Waals surface area contributed by atoms with Crippen molar-refractivity contribution in [3.8, 4) is 0 Å². The van der Waals surface area contributed by atoms with E-state index < -0.39 is 9.84 Å². The number of hydrogen-bond acceptors (Lipinski definition) is 7. The van der Waals surface area contributed by atoms with Gasteiger partial charge < -0.3 is 9.67 Å². The summed E-state index contributed by atoms with van der Waals surface area (Å²) in [6, 6.07) is 5.59. The summed E-state index contributed by atoms with van der Waals surface area (Å²) < 4.78 is 28.3. The predicted molar refractivity (Wildman–Crippen MR) is 114 cm³/mol. The predicted octanol–water partition coefficient (Wildman–Crippen LogP) is 2.60. The number of rotatable bonds is 4. The van der Waals surface area contributed by atoms with Crippen molar-refractivity contribution >= 4 is 38.5 Å². The molecule has 3 heterocycles. The number of halogens is 1. The molecule has 0 spiro atoms. The van der Waals surface area contributed by atoms with Gasteiger partial charge in [0.15, 0.2) is 14.9 Å². The fraction of sp³-hybridized carbons (Fsp3) is 0.400. The molecule has 1 aliphatic carbocycles. The number of nitrogens with zero attached hydrogens (tertiary/aromatic N) is 5. The first-order valence-corrected chi connectivity index (χ1v) is 12.3. The van der Waals surface area contributed by atoms with Crippen molar-refractivity contribution in [3.05, 3.63) is 46.5 Å². The van der Waals surface area contributed by atoms with Crippen LogP contribution in [-0.2, 0) is 22.9 Å². The van der Waals surface area contributed by atoms with Crippen molar-refractivity contribution in [2.45, 2.75) is 49.5 Å². The summed E-state index contributed by atoms with van der Waals surface area (Å²) in [5.74, 6) is 0.695. The fourth-order valence-corrected chi connectivity index (χ4v) is 5.53. The van der Waals surface area contributed by atoms with E-state index in [1.807, 2.05) is 12.1 Å². The zero-order valence-corrected chi connectivity index (χ0v) is 18.4. The van der Waals surface area contributed by atoms with Gasteiger partial charge in [0.25, 0.3) is 0 Å². The highest BCUT2D eigenvalue weighted by atomic mass is 35.5. The van der Waals surface area contributed by atoms with Gasteiger partial charge in [-0.05, 0) is 43.5 Å². The zero-order chi connectivity index (χ0) is 21.9. The number of aliphatic hydroxyl groups is 1. The van der Waals surface area contributed by atoms with Crippen LogP contribution in [-0.4, -0.2) is 55.5 Å². The van der Waals surface area contributed by atoms with E-state index in [1.165, 1.54) is 6.20 Å². The van der Waals surface area contributed by atoms with Crippen LogP contribution in [0.25, 0.3) is 17.1 Å². The van der Waals surface area contributed by atoms with Crippen LogP contribution in [0.3, 0.4) is 0 Å². The minimum absolute atomic E-state index is 0.0196. The lowest BCUT2D eigenvalue weighted by Gasteiger charge is -2.20. The van der Waals surface area contributed by atoms with Gasteiger partial charge in [0, 0.05) is 29.1 Å². The molecule has 2 atom stereocenters. The maximum atomic E-state index is 12.3. The van der Waals surface area contributed by atoms with Crippen molar-refractivity contribution in [2.24, 2.45) is 0 Å². The van der Waals surface area contributed by atoms with E-state index in [-0.39, 0.29) is 30.3 Å². The molecule has 164 valence electrons. The molecule has 1 aromatic carbocycles. The molecule has 3 aromatic rings. The van der Waals surface area contributed by atoms with Crippen LogP contribution in [0, 0.1) is 0 Å². The smallest absolute Gasteiger partial charge is 0.195 e. The largest absolute Gasteiger partial charge is 0.393 e. The average molecular weight is 464 g/mol. The van der Waals surface area contributed by atoms with Gasteiger partial charge in [-0.1, -0.05) is 11.6 Å². The topological polar surface area (TPSA) is 113 Å². The molecule has 0 saturated heterocycles. The number of benzene rings is 1. The van der Waals surface area contributed by atoms with E-state index in [0.29, 0.717) is 28.5 Å². The highest BCUT2D eigenvalue weighted by Gasteiger charge is 2.30. The summed E-state index contributed by atoms with van der Waals surface area (Å²) in [5, 5.41) is 26.0. The Bertz CT molecular complexity index is 1310. The zero-order valence-electron chi connectivity index (χ0n) is 16.8. The third-order valence-electron chi connectivity index (χ3n) is 5.90. The lowest BCUT2D eigenvalue weighted by Crippen LogP contribution is -2.20. The summed E-state index contributed by atoms with van der Waals surface area (Å²) in [6.45, 7) is 0.334. The summed E-state index contributed by atoms with van der Waals surface area (Å²) in [5.41, 5.74) is 2.71. The van der Waals surface area contributed by atoms with Crippen LogP contribution in [0.2, 0.25) is 5.02 Å². The first-order chi connectivity index (χ1) is 14.7. The Morgan fingerprint density at radius 3 is 2.81 bits per heavy atom. The molecular weight excluding hydrogens is 442 g/mol. The molecule has 2 unspecified atom stereocenters.